The summed E-state index contributed by atoms with van der Waals surface area (Å²) in [6, 6.07) is 64.8. The molecule has 0 aliphatic heterocycles. The Morgan fingerprint density at radius 3 is 0.919 bits per heavy atom. The van der Waals surface area contributed by atoms with E-state index < -0.39 is 23.3 Å². The number of hydrogen-bond donors (Lipinski definition) is 0. The predicted octanol–water partition coefficient (Wildman–Crippen LogP) is 17.0. The summed E-state index contributed by atoms with van der Waals surface area (Å²) in [6.07, 6.45) is 0. The summed E-state index contributed by atoms with van der Waals surface area (Å²) in [5, 5.41) is 8.75. The van der Waals surface area contributed by atoms with Crippen LogP contribution in [0.4, 0.5) is 17.6 Å². The summed E-state index contributed by atoms with van der Waals surface area (Å²) in [6.45, 7) is 0. The molecule has 0 nitrogen and oxygen atoms in total. The molecule has 0 bridgehead atoms. The minimum absolute atomic E-state index is 0.294. The molecule has 0 fully saturated rings. The second-order valence-corrected chi connectivity index (χ2v) is 16.1. The minimum Gasteiger partial charge on any atom is -0.203 e. The molecule has 12 aromatic carbocycles. The maximum atomic E-state index is 16.7. The van der Waals surface area contributed by atoms with Gasteiger partial charge in [0.25, 0.3) is 0 Å². The third kappa shape index (κ3) is 5.46. The molecule has 292 valence electrons. The van der Waals surface area contributed by atoms with Gasteiger partial charge < -0.3 is 0 Å². The Kier molecular flexibility index (Phi) is 8.07. The summed E-state index contributed by atoms with van der Waals surface area (Å²) < 4.78 is 64.6. The van der Waals surface area contributed by atoms with E-state index in [4.69, 9.17) is 0 Å². The fourth-order valence-corrected chi connectivity index (χ4v) is 9.75. The second-order valence-electron chi connectivity index (χ2n) is 16.1. The highest BCUT2D eigenvalue weighted by atomic mass is 19.2. The van der Waals surface area contributed by atoms with Crippen LogP contribution in [0.1, 0.15) is 0 Å². The lowest BCUT2D eigenvalue weighted by molar-refractivity contribution is 0.418. The molecule has 0 aliphatic rings. The predicted molar refractivity (Wildman–Crippen MR) is 251 cm³/mol. The van der Waals surface area contributed by atoms with Gasteiger partial charge >= 0.3 is 0 Å². The van der Waals surface area contributed by atoms with Crippen LogP contribution in [0.5, 0.6) is 0 Å². The Morgan fingerprint density at radius 2 is 0.532 bits per heavy atom. The first-order valence-corrected chi connectivity index (χ1v) is 20.6. The van der Waals surface area contributed by atoms with Crippen molar-refractivity contribution in [2.24, 2.45) is 0 Å². The van der Waals surface area contributed by atoms with Crippen LogP contribution in [-0.4, -0.2) is 0 Å². The van der Waals surface area contributed by atoms with Gasteiger partial charge in [-0.15, -0.1) is 0 Å². The van der Waals surface area contributed by atoms with E-state index in [0.717, 1.165) is 87.6 Å². The maximum Gasteiger partial charge on any atom is 0.198 e. The van der Waals surface area contributed by atoms with Crippen LogP contribution in [0, 0.1) is 23.3 Å². The Hall–Kier alpha value is -7.82. The van der Waals surface area contributed by atoms with Gasteiger partial charge in [-0.3, -0.25) is 0 Å². The van der Waals surface area contributed by atoms with E-state index in [2.05, 4.69) is 84.9 Å². The van der Waals surface area contributed by atoms with Crippen LogP contribution in [0.3, 0.4) is 0 Å². The van der Waals surface area contributed by atoms with Crippen LogP contribution in [0.25, 0.3) is 120 Å². The smallest absolute Gasteiger partial charge is 0.198 e. The summed E-state index contributed by atoms with van der Waals surface area (Å²) in [7, 11) is 0. The van der Waals surface area contributed by atoms with Crippen LogP contribution >= 0.6 is 0 Å². The fourth-order valence-electron chi connectivity index (χ4n) is 9.75. The molecule has 62 heavy (non-hydrogen) atoms. The number of benzene rings is 12. The van der Waals surface area contributed by atoms with Crippen molar-refractivity contribution in [1.82, 2.24) is 0 Å². The van der Waals surface area contributed by atoms with Gasteiger partial charge in [-0.05, 0) is 146 Å². The van der Waals surface area contributed by atoms with E-state index in [9.17, 15) is 0 Å². The van der Waals surface area contributed by atoms with E-state index in [1.165, 1.54) is 0 Å². The molecular weight excluding hydrogens is 773 g/mol. The molecule has 0 radical (unpaired) electrons. The molecule has 0 aliphatic carbocycles. The summed E-state index contributed by atoms with van der Waals surface area (Å²) in [4.78, 5) is 0. The molecule has 0 aromatic heterocycles. The third-order valence-corrected chi connectivity index (χ3v) is 12.7. The Bertz CT molecular complexity index is 3580. The zero-order valence-corrected chi connectivity index (χ0v) is 33.0. The molecule has 0 unspecified atom stereocenters. The average molecular weight is 805 g/mol. The lowest BCUT2D eigenvalue weighted by Gasteiger charge is -2.20. The first-order chi connectivity index (χ1) is 30.4. The van der Waals surface area contributed by atoms with Gasteiger partial charge in [-0.2, -0.15) is 0 Å². The average Bonchev–Trinajstić information content (AvgIpc) is 3.33. The molecule has 0 atom stereocenters. The van der Waals surface area contributed by atoms with Crippen molar-refractivity contribution >= 4 is 75.4 Å². The van der Waals surface area contributed by atoms with Crippen LogP contribution in [0.2, 0.25) is 0 Å². The van der Waals surface area contributed by atoms with E-state index >= 15 is 17.6 Å². The lowest BCUT2D eigenvalue weighted by atomic mass is 9.83. The highest BCUT2D eigenvalue weighted by Crippen LogP contribution is 2.49. The molecule has 0 saturated carbocycles. The highest BCUT2D eigenvalue weighted by molar-refractivity contribution is 6.38. The molecule has 0 spiro atoms. The SMILES string of the molecule is Fc1c(F)c(F)c2c3cc(-c4ccc5cc(-c6ccccc6)ccc5c4)c4ccccc4c3c3c4ccccc4c(-c4ccc5cc(-c6ccccc6)ccc5c4)cc3c2c1F. The Balaban J connectivity index is 1.15. The lowest BCUT2D eigenvalue weighted by Crippen LogP contribution is -2.01. The molecule has 0 saturated heterocycles. The Morgan fingerprint density at radius 1 is 0.210 bits per heavy atom. The normalized spacial score (nSPS) is 11.9. The van der Waals surface area contributed by atoms with E-state index in [-0.39, 0.29) is 10.8 Å². The quantitative estimate of drug-likeness (QED) is 0.0719. The maximum absolute atomic E-state index is 16.7. The second kappa shape index (κ2) is 13.9. The topological polar surface area (TPSA) is 0 Å². The summed E-state index contributed by atoms with van der Waals surface area (Å²) >= 11 is 0. The monoisotopic (exact) mass is 804 g/mol. The van der Waals surface area contributed by atoms with Gasteiger partial charge in [0.15, 0.2) is 23.3 Å². The van der Waals surface area contributed by atoms with Gasteiger partial charge in [-0.1, -0.05) is 158 Å². The molecule has 0 N–H and O–H groups in total. The summed E-state index contributed by atoms with van der Waals surface area (Å²) in [5.74, 6) is -6.52. The number of halogens is 4. The van der Waals surface area contributed by atoms with E-state index in [1.54, 1.807) is 0 Å². The largest absolute Gasteiger partial charge is 0.203 e. The summed E-state index contributed by atoms with van der Waals surface area (Å²) in [5.41, 5.74) is 7.66. The minimum atomic E-state index is -1.84. The van der Waals surface area contributed by atoms with Gasteiger partial charge in [0.1, 0.15) is 0 Å². The molecule has 12 aromatic rings. The van der Waals surface area contributed by atoms with Crippen LogP contribution in [0.15, 0.2) is 194 Å². The number of fused-ring (bicyclic) bond motifs is 12. The first kappa shape index (κ1) is 36.1. The Labute approximate surface area is 353 Å². The van der Waals surface area contributed by atoms with Crippen molar-refractivity contribution < 1.29 is 17.6 Å². The molecular formula is C58H32F4. The van der Waals surface area contributed by atoms with Crippen molar-refractivity contribution in [1.29, 1.82) is 0 Å². The van der Waals surface area contributed by atoms with E-state index in [1.807, 2.05) is 109 Å². The van der Waals surface area contributed by atoms with E-state index in [0.29, 0.717) is 21.5 Å². The number of hydrogen-bond acceptors (Lipinski definition) is 0. The standard InChI is InChI=1S/C58H32F4/c59-55-53-49-31-47(41-25-23-37-27-35(19-21-39(37)29-41)33-11-3-1-4-12-33)43-15-7-9-17-45(43)51(49)52-46-18-10-8-16-44(46)48(32-50(52)54(53)56(60)58(62)57(55)61)42-26-24-38-28-36(20-22-40(38)30-42)34-13-5-2-6-14-34/h1-32H. The van der Waals surface area contributed by atoms with Crippen molar-refractivity contribution in [3.8, 4) is 44.5 Å². The van der Waals surface area contributed by atoms with Gasteiger partial charge in [0.2, 0.25) is 0 Å². The molecule has 0 amide bonds. The van der Waals surface area contributed by atoms with Crippen molar-refractivity contribution in [3.63, 3.8) is 0 Å². The van der Waals surface area contributed by atoms with Crippen LogP contribution in [-0.2, 0) is 0 Å². The van der Waals surface area contributed by atoms with Crippen molar-refractivity contribution in [2.75, 3.05) is 0 Å². The molecule has 0 heterocycles. The van der Waals surface area contributed by atoms with Gasteiger partial charge in [0.05, 0.1) is 0 Å². The fraction of sp³-hybridized carbons (Fsp3) is 0. The zero-order chi connectivity index (χ0) is 41.6. The first-order valence-electron chi connectivity index (χ1n) is 20.6. The highest BCUT2D eigenvalue weighted by Gasteiger charge is 2.27. The van der Waals surface area contributed by atoms with Crippen LogP contribution < -0.4 is 0 Å². The third-order valence-electron chi connectivity index (χ3n) is 12.7. The zero-order valence-electron chi connectivity index (χ0n) is 33.0. The van der Waals surface area contributed by atoms with Gasteiger partial charge in [0, 0.05) is 10.8 Å². The van der Waals surface area contributed by atoms with Gasteiger partial charge in [-0.25, -0.2) is 17.6 Å². The van der Waals surface area contributed by atoms with Crippen molar-refractivity contribution in [2.45, 2.75) is 0 Å². The number of rotatable bonds is 4. The molecule has 4 heteroatoms. The molecule has 12 rings (SSSR count). The van der Waals surface area contributed by atoms with Crippen molar-refractivity contribution in [3.05, 3.63) is 217 Å².